The van der Waals surface area contributed by atoms with E-state index in [1.807, 2.05) is 25.1 Å². The van der Waals surface area contributed by atoms with Crippen molar-refractivity contribution in [2.75, 3.05) is 33.4 Å². The van der Waals surface area contributed by atoms with Gasteiger partial charge in [-0.2, -0.15) is 0 Å². The van der Waals surface area contributed by atoms with Crippen molar-refractivity contribution in [3.8, 4) is 11.5 Å². The first kappa shape index (κ1) is 24.3. The number of halogens is 1. The highest BCUT2D eigenvalue weighted by Gasteiger charge is 2.26. The fourth-order valence-electron chi connectivity index (χ4n) is 3.86. The molecule has 1 aliphatic heterocycles. The Morgan fingerprint density at radius 3 is 2.61 bits per heavy atom. The summed E-state index contributed by atoms with van der Waals surface area (Å²) in [5, 5.41) is 2.90. The van der Waals surface area contributed by atoms with Gasteiger partial charge >= 0.3 is 0 Å². The lowest BCUT2D eigenvalue weighted by atomic mass is 9.95. The molecule has 176 valence electrons. The number of hydrogen-bond donors (Lipinski definition) is 1. The lowest BCUT2D eigenvalue weighted by molar-refractivity contribution is -0.132. The van der Waals surface area contributed by atoms with E-state index < -0.39 is 0 Å². The van der Waals surface area contributed by atoms with Crippen LogP contribution in [0.5, 0.6) is 11.5 Å². The summed E-state index contributed by atoms with van der Waals surface area (Å²) in [5.74, 6) is 0.784. The summed E-state index contributed by atoms with van der Waals surface area (Å²) in [4.78, 5) is 26.8. The number of benzene rings is 2. The minimum Gasteiger partial charge on any atom is -0.493 e. The van der Waals surface area contributed by atoms with Gasteiger partial charge in [-0.05, 0) is 61.6 Å². The van der Waals surface area contributed by atoms with Crippen LogP contribution in [0.2, 0.25) is 0 Å². The second-order valence-corrected chi connectivity index (χ2v) is 7.91. The van der Waals surface area contributed by atoms with Crippen LogP contribution in [0.25, 0.3) is 6.08 Å². The van der Waals surface area contributed by atoms with Crippen molar-refractivity contribution >= 4 is 17.9 Å². The van der Waals surface area contributed by atoms with E-state index in [2.05, 4.69) is 5.32 Å². The normalized spacial score (nSPS) is 14.3. The van der Waals surface area contributed by atoms with Crippen LogP contribution in [0.4, 0.5) is 4.39 Å². The van der Waals surface area contributed by atoms with E-state index in [0.717, 1.165) is 5.56 Å². The monoisotopic (exact) mass is 454 g/mol. The molecule has 7 heteroatoms. The maximum Gasteiger partial charge on any atom is 0.246 e. The molecular weight excluding hydrogens is 423 g/mol. The summed E-state index contributed by atoms with van der Waals surface area (Å²) in [6, 6.07) is 12.1. The van der Waals surface area contributed by atoms with Crippen LogP contribution in [-0.2, 0) is 16.0 Å². The standard InChI is InChI=1S/C26H31FN2O4/c1-3-33-23-10-8-19(18-24(23)32-2)9-11-25(30)29-16-13-21(14-17-29)26(31)28-15-12-20-6-4-5-7-22(20)27/h4-11,18,21H,3,12-17H2,1-2H3,(H,28,31)/b11-9+. The fourth-order valence-corrected chi connectivity index (χ4v) is 3.86. The van der Waals surface area contributed by atoms with Crippen molar-refractivity contribution in [2.24, 2.45) is 5.92 Å². The average Bonchev–Trinajstić information content (AvgIpc) is 2.84. The van der Waals surface area contributed by atoms with Crippen molar-refractivity contribution in [1.82, 2.24) is 10.2 Å². The zero-order valence-corrected chi connectivity index (χ0v) is 19.2. The van der Waals surface area contributed by atoms with Crippen molar-refractivity contribution in [3.05, 3.63) is 65.5 Å². The molecule has 6 nitrogen and oxygen atoms in total. The van der Waals surface area contributed by atoms with Gasteiger partial charge in [-0.15, -0.1) is 0 Å². The summed E-state index contributed by atoms with van der Waals surface area (Å²) >= 11 is 0. The van der Waals surface area contributed by atoms with Gasteiger partial charge in [0.05, 0.1) is 13.7 Å². The quantitative estimate of drug-likeness (QED) is 0.585. The van der Waals surface area contributed by atoms with E-state index in [9.17, 15) is 14.0 Å². The van der Waals surface area contributed by atoms with E-state index in [4.69, 9.17) is 9.47 Å². The number of rotatable bonds is 9. The maximum absolute atomic E-state index is 13.7. The van der Waals surface area contributed by atoms with Gasteiger partial charge in [0.2, 0.25) is 11.8 Å². The Morgan fingerprint density at radius 2 is 1.91 bits per heavy atom. The number of nitrogens with zero attached hydrogens (tertiary/aromatic N) is 1. The molecule has 0 aliphatic carbocycles. The third-order valence-electron chi connectivity index (χ3n) is 5.73. The second kappa shape index (κ2) is 12.0. The Hall–Kier alpha value is -3.35. The van der Waals surface area contributed by atoms with Crippen molar-refractivity contribution in [3.63, 3.8) is 0 Å². The van der Waals surface area contributed by atoms with E-state index in [1.54, 1.807) is 42.4 Å². The number of methoxy groups -OCH3 is 1. The summed E-state index contributed by atoms with van der Waals surface area (Å²) < 4.78 is 24.5. The molecule has 0 spiro atoms. The molecule has 0 atom stereocenters. The highest BCUT2D eigenvalue weighted by atomic mass is 19.1. The lowest BCUT2D eigenvalue weighted by Gasteiger charge is -2.30. The van der Waals surface area contributed by atoms with Crippen LogP contribution >= 0.6 is 0 Å². The molecule has 0 bridgehead atoms. The minimum absolute atomic E-state index is 0.0320. The number of amides is 2. The molecule has 1 aliphatic rings. The molecule has 2 amide bonds. The Balaban J connectivity index is 1.44. The van der Waals surface area contributed by atoms with Crippen molar-refractivity contribution in [2.45, 2.75) is 26.2 Å². The number of piperidine rings is 1. The highest BCUT2D eigenvalue weighted by Crippen LogP contribution is 2.28. The van der Waals surface area contributed by atoms with Gasteiger partial charge < -0.3 is 19.7 Å². The van der Waals surface area contributed by atoms with E-state index in [1.165, 1.54) is 6.07 Å². The lowest BCUT2D eigenvalue weighted by Crippen LogP contribution is -2.42. The molecule has 1 saturated heterocycles. The topological polar surface area (TPSA) is 67.9 Å². The summed E-state index contributed by atoms with van der Waals surface area (Å²) in [6.45, 7) is 3.91. The SMILES string of the molecule is CCOc1ccc(/C=C/C(=O)N2CCC(C(=O)NCCc3ccccc3F)CC2)cc1OC. The van der Waals surface area contributed by atoms with Crippen LogP contribution in [-0.4, -0.2) is 50.1 Å². The molecule has 0 unspecified atom stereocenters. The molecule has 1 heterocycles. The predicted octanol–water partition coefficient (Wildman–Crippen LogP) is 3.84. The predicted molar refractivity (Wildman–Crippen MR) is 126 cm³/mol. The van der Waals surface area contributed by atoms with Gasteiger partial charge in [-0.3, -0.25) is 9.59 Å². The zero-order chi connectivity index (χ0) is 23.6. The molecular formula is C26H31FN2O4. The van der Waals surface area contributed by atoms with Gasteiger partial charge in [0.25, 0.3) is 0 Å². The molecule has 3 rings (SSSR count). The van der Waals surface area contributed by atoms with Gasteiger partial charge in [0, 0.05) is 31.6 Å². The molecule has 0 aromatic heterocycles. The number of carbonyl (C=O) groups excluding carboxylic acids is 2. The number of hydrogen-bond acceptors (Lipinski definition) is 4. The second-order valence-electron chi connectivity index (χ2n) is 7.91. The molecule has 33 heavy (non-hydrogen) atoms. The smallest absolute Gasteiger partial charge is 0.246 e. The van der Waals surface area contributed by atoms with Crippen molar-refractivity contribution in [1.29, 1.82) is 0 Å². The van der Waals surface area contributed by atoms with Crippen LogP contribution in [0, 0.1) is 11.7 Å². The molecule has 2 aromatic carbocycles. The zero-order valence-electron chi connectivity index (χ0n) is 19.2. The fraction of sp³-hybridized carbons (Fsp3) is 0.385. The average molecular weight is 455 g/mol. The van der Waals surface area contributed by atoms with Gasteiger partial charge in [0.15, 0.2) is 11.5 Å². The van der Waals surface area contributed by atoms with Crippen LogP contribution in [0.3, 0.4) is 0 Å². The number of likely N-dealkylation sites (tertiary alicyclic amines) is 1. The van der Waals surface area contributed by atoms with E-state index in [0.29, 0.717) is 62.6 Å². The third-order valence-corrected chi connectivity index (χ3v) is 5.73. The molecule has 1 N–H and O–H groups in total. The third kappa shape index (κ3) is 6.81. The Bertz CT molecular complexity index is 984. The largest absolute Gasteiger partial charge is 0.493 e. The van der Waals surface area contributed by atoms with Gasteiger partial charge in [0.1, 0.15) is 5.82 Å². The molecule has 0 saturated carbocycles. The number of ether oxygens (including phenoxy) is 2. The number of carbonyl (C=O) groups is 2. The first-order chi connectivity index (χ1) is 16.0. The maximum atomic E-state index is 13.7. The van der Waals surface area contributed by atoms with E-state index in [-0.39, 0.29) is 23.5 Å². The Morgan fingerprint density at radius 1 is 1.15 bits per heavy atom. The van der Waals surface area contributed by atoms with Crippen LogP contribution < -0.4 is 14.8 Å². The van der Waals surface area contributed by atoms with Gasteiger partial charge in [-0.1, -0.05) is 24.3 Å². The first-order valence-electron chi connectivity index (χ1n) is 11.3. The molecule has 2 aromatic rings. The Labute approximate surface area is 194 Å². The Kier molecular flexibility index (Phi) is 8.87. The summed E-state index contributed by atoms with van der Waals surface area (Å²) in [6.07, 6.45) is 4.98. The van der Waals surface area contributed by atoms with Crippen molar-refractivity contribution < 1.29 is 23.5 Å². The number of nitrogens with one attached hydrogen (secondary N) is 1. The summed E-state index contributed by atoms with van der Waals surface area (Å²) in [5.41, 5.74) is 1.43. The minimum atomic E-state index is -0.254. The molecule has 0 radical (unpaired) electrons. The van der Waals surface area contributed by atoms with Crippen LogP contribution in [0.15, 0.2) is 48.5 Å². The van der Waals surface area contributed by atoms with Crippen LogP contribution in [0.1, 0.15) is 30.9 Å². The first-order valence-corrected chi connectivity index (χ1v) is 11.3. The molecule has 1 fully saturated rings. The van der Waals surface area contributed by atoms with Gasteiger partial charge in [-0.25, -0.2) is 4.39 Å². The summed E-state index contributed by atoms with van der Waals surface area (Å²) in [7, 11) is 1.58. The highest BCUT2D eigenvalue weighted by molar-refractivity contribution is 5.92. The van der Waals surface area contributed by atoms with E-state index >= 15 is 0 Å².